The lowest BCUT2D eigenvalue weighted by molar-refractivity contribution is 0.0728. The Morgan fingerprint density at radius 1 is 0.893 bits per heavy atom. The van der Waals surface area contributed by atoms with Crippen LogP contribution in [0.15, 0.2) is 66.7 Å². The maximum absolute atomic E-state index is 12.9. The average Bonchev–Trinajstić information content (AvgIpc) is 2.74. The number of fused-ring (bicyclic) bond motifs is 1. The summed E-state index contributed by atoms with van der Waals surface area (Å²) in [6.45, 7) is 3.14. The Bertz CT molecular complexity index is 1050. The molecule has 1 aliphatic rings. The van der Waals surface area contributed by atoms with Crippen molar-refractivity contribution in [3.8, 4) is 0 Å². The van der Waals surface area contributed by atoms with Gasteiger partial charge in [0.25, 0.3) is 11.8 Å². The summed E-state index contributed by atoms with van der Waals surface area (Å²) in [5.74, 6) is -0.479. The molecule has 0 fully saturated rings. The molecular weight excluding hydrogens is 350 g/mol. The second-order valence-corrected chi connectivity index (χ2v) is 6.92. The average molecular weight is 371 g/mol. The number of carbonyl (C=O) groups is 2. The predicted molar refractivity (Wildman–Crippen MR) is 108 cm³/mol. The summed E-state index contributed by atoms with van der Waals surface area (Å²) in [5.41, 5.74) is 4.67. The lowest BCUT2D eigenvalue weighted by atomic mass is 10.00. The molecule has 0 unspecified atom stereocenters. The van der Waals surface area contributed by atoms with Gasteiger partial charge in [-0.1, -0.05) is 48.5 Å². The first-order chi connectivity index (χ1) is 13.6. The van der Waals surface area contributed by atoms with Crippen molar-refractivity contribution < 1.29 is 9.59 Å². The molecule has 3 aromatic rings. The van der Waals surface area contributed by atoms with Crippen molar-refractivity contribution in [2.45, 2.75) is 19.9 Å². The summed E-state index contributed by atoms with van der Waals surface area (Å²) in [7, 11) is 0. The summed E-state index contributed by atoms with van der Waals surface area (Å²) in [5, 5.41) is 2.86. The first-order valence-electron chi connectivity index (χ1n) is 9.32. The highest BCUT2D eigenvalue weighted by Gasteiger charge is 2.23. The SMILES string of the molecule is Cc1ccccc1NC(=O)c1cccc(C(=O)N2CCc3ccccc3C2)n1. The Kier molecular flexibility index (Phi) is 4.89. The zero-order valence-corrected chi connectivity index (χ0v) is 15.7. The van der Waals surface area contributed by atoms with Gasteiger partial charge in [-0.15, -0.1) is 0 Å². The molecule has 4 rings (SSSR count). The van der Waals surface area contributed by atoms with Crippen LogP contribution in [0.3, 0.4) is 0 Å². The lowest BCUT2D eigenvalue weighted by Gasteiger charge is -2.28. The molecule has 5 heteroatoms. The van der Waals surface area contributed by atoms with Gasteiger partial charge in [-0.3, -0.25) is 9.59 Å². The molecule has 0 saturated carbocycles. The van der Waals surface area contributed by atoms with E-state index in [0.717, 1.165) is 23.2 Å². The van der Waals surface area contributed by atoms with Crippen molar-refractivity contribution in [1.82, 2.24) is 9.88 Å². The minimum atomic E-state index is -0.326. The number of hydrogen-bond acceptors (Lipinski definition) is 3. The van der Waals surface area contributed by atoms with E-state index in [1.54, 1.807) is 23.1 Å². The van der Waals surface area contributed by atoms with Gasteiger partial charge >= 0.3 is 0 Å². The van der Waals surface area contributed by atoms with Gasteiger partial charge in [-0.25, -0.2) is 4.98 Å². The third-order valence-corrected chi connectivity index (χ3v) is 5.01. The number of hydrogen-bond donors (Lipinski definition) is 1. The summed E-state index contributed by atoms with van der Waals surface area (Å²) in [4.78, 5) is 31.6. The third kappa shape index (κ3) is 3.64. The number of aromatic nitrogens is 1. The number of para-hydroxylation sites is 1. The van der Waals surface area contributed by atoms with E-state index in [9.17, 15) is 9.59 Å². The molecule has 140 valence electrons. The standard InChI is InChI=1S/C23H21N3O2/c1-16-7-2-5-10-19(16)25-22(27)20-11-6-12-21(24-20)23(28)26-14-13-17-8-3-4-9-18(17)15-26/h2-12H,13-15H2,1H3,(H,25,27). The van der Waals surface area contributed by atoms with Gasteiger partial charge in [0.15, 0.2) is 0 Å². The van der Waals surface area contributed by atoms with E-state index in [1.807, 2.05) is 49.4 Å². The van der Waals surface area contributed by atoms with Crippen molar-refractivity contribution >= 4 is 17.5 Å². The quantitative estimate of drug-likeness (QED) is 0.761. The van der Waals surface area contributed by atoms with Crippen LogP contribution in [0.4, 0.5) is 5.69 Å². The van der Waals surface area contributed by atoms with Crippen LogP contribution in [0.1, 0.15) is 37.7 Å². The van der Waals surface area contributed by atoms with Crippen molar-refractivity contribution in [3.05, 3.63) is 94.8 Å². The van der Waals surface area contributed by atoms with Crippen LogP contribution < -0.4 is 5.32 Å². The van der Waals surface area contributed by atoms with E-state index >= 15 is 0 Å². The number of carbonyl (C=O) groups excluding carboxylic acids is 2. The predicted octanol–water partition coefficient (Wildman–Crippen LogP) is 3.84. The van der Waals surface area contributed by atoms with E-state index < -0.39 is 0 Å². The molecule has 28 heavy (non-hydrogen) atoms. The maximum Gasteiger partial charge on any atom is 0.274 e. The molecule has 5 nitrogen and oxygen atoms in total. The monoisotopic (exact) mass is 371 g/mol. The normalized spacial score (nSPS) is 13.0. The fourth-order valence-electron chi connectivity index (χ4n) is 3.41. The Labute approximate surface area is 164 Å². The highest BCUT2D eigenvalue weighted by Crippen LogP contribution is 2.20. The number of rotatable bonds is 3. The van der Waals surface area contributed by atoms with Crippen LogP contribution in [0.2, 0.25) is 0 Å². The number of anilines is 1. The first kappa shape index (κ1) is 17.9. The second-order valence-electron chi connectivity index (χ2n) is 6.92. The topological polar surface area (TPSA) is 62.3 Å². The van der Waals surface area contributed by atoms with E-state index in [1.165, 1.54) is 5.56 Å². The Morgan fingerprint density at radius 2 is 1.61 bits per heavy atom. The Hall–Kier alpha value is -3.47. The van der Waals surface area contributed by atoms with E-state index in [4.69, 9.17) is 0 Å². The Balaban J connectivity index is 1.51. The molecular formula is C23H21N3O2. The third-order valence-electron chi connectivity index (χ3n) is 5.01. The number of benzene rings is 2. The first-order valence-corrected chi connectivity index (χ1v) is 9.32. The van der Waals surface area contributed by atoms with E-state index in [-0.39, 0.29) is 23.2 Å². The molecule has 0 bridgehead atoms. The van der Waals surface area contributed by atoms with Gasteiger partial charge in [0, 0.05) is 18.8 Å². The lowest BCUT2D eigenvalue weighted by Crippen LogP contribution is -2.36. The summed E-state index contributed by atoms with van der Waals surface area (Å²) < 4.78 is 0. The summed E-state index contributed by atoms with van der Waals surface area (Å²) >= 11 is 0. The van der Waals surface area contributed by atoms with Gasteiger partial charge in [0.05, 0.1) is 0 Å². The van der Waals surface area contributed by atoms with Gasteiger partial charge < -0.3 is 10.2 Å². The minimum absolute atomic E-state index is 0.153. The maximum atomic E-state index is 12.9. The van der Waals surface area contributed by atoms with Crippen molar-refractivity contribution in [2.24, 2.45) is 0 Å². The van der Waals surface area contributed by atoms with Crippen LogP contribution in [0.25, 0.3) is 0 Å². The molecule has 2 aromatic carbocycles. The Morgan fingerprint density at radius 3 is 2.43 bits per heavy atom. The number of nitrogens with zero attached hydrogens (tertiary/aromatic N) is 2. The van der Waals surface area contributed by atoms with Gasteiger partial charge in [-0.2, -0.15) is 0 Å². The number of nitrogens with one attached hydrogen (secondary N) is 1. The molecule has 0 radical (unpaired) electrons. The number of amides is 2. The van der Waals surface area contributed by atoms with Crippen LogP contribution >= 0.6 is 0 Å². The molecule has 1 N–H and O–H groups in total. The van der Waals surface area contributed by atoms with Crippen LogP contribution in [0.5, 0.6) is 0 Å². The van der Waals surface area contributed by atoms with Crippen LogP contribution in [-0.4, -0.2) is 28.2 Å². The molecule has 2 amide bonds. The highest BCUT2D eigenvalue weighted by atomic mass is 16.2. The molecule has 0 saturated heterocycles. The summed E-state index contributed by atoms with van der Waals surface area (Å²) in [6, 6.07) is 20.7. The van der Waals surface area contributed by atoms with Crippen molar-refractivity contribution in [1.29, 1.82) is 0 Å². The van der Waals surface area contributed by atoms with Gasteiger partial charge in [-0.05, 0) is 48.2 Å². The smallest absolute Gasteiger partial charge is 0.274 e. The molecule has 2 heterocycles. The fraction of sp³-hybridized carbons (Fsp3) is 0.174. The zero-order valence-electron chi connectivity index (χ0n) is 15.7. The van der Waals surface area contributed by atoms with Crippen LogP contribution in [-0.2, 0) is 13.0 Å². The minimum Gasteiger partial charge on any atom is -0.333 e. The van der Waals surface area contributed by atoms with Crippen LogP contribution in [0, 0.1) is 6.92 Å². The molecule has 0 atom stereocenters. The molecule has 1 aliphatic heterocycles. The molecule has 0 spiro atoms. The van der Waals surface area contributed by atoms with E-state index in [2.05, 4.69) is 16.4 Å². The highest BCUT2D eigenvalue weighted by molar-refractivity contribution is 6.04. The zero-order chi connectivity index (χ0) is 19.5. The largest absolute Gasteiger partial charge is 0.333 e. The second kappa shape index (κ2) is 7.64. The molecule has 0 aliphatic carbocycles. The number of pyridine rings is 1. The summed E-state index contributed by atoms with van der Waals surface area (Å²) in [6.07, 6.45) is 0.829. The van der Waals surface area contributed by atoms with Gasteiger partial charge in [0.2, 0.25) is 0 Å². The molecule has 1 aromatic heterocycles. The van der Waals surface area contributed by atoms with E-state index in [0.29, 0.717) is 13.1 Å². The van der Waals surface area contributed by atoms with Crippen molar-refractivity contribution in [3.63, 3.8) is 0 Å². The van der Waals surface area contributed by atoms with Crippen molar-refractivity contribution in [2.75, 3.05) is 11.9 Å². The van der Waals surface area contributed by atoms with Gasteiger partial charge in [0.1, 0.15) is 11.4 Å². The number of aryl methyl sites for hydroxylation is 1. The fourth-order valence-corrected chi connectivity index (χ4v) is 3.41.